The second-order valence-corrected chi connectivity index (χ2v) is 7.50. The van der Waals surface area contributed by atoms with Gasteiger partial charge in [-0.15, -0.1) is 0 Å². The van der Waals surface area contributed by atoms with Crippen molar-refractivity contribution in [2.45, 2.75) is 17.3 Å². The number of nitrogens with zero attached hydrogens (tertiary/aromatic N) is 2. The molecule has 6 heteroatoms. The number of H-pyrrole nitrogens is 1. The number of carbonyl (C=O) groups excluding carboxylic acids is 1. The SMILES string of the molecule is Cc1ccc2nc(S[C@@H](C(=O)N3CCOCC3)c3ccccc3)[nH]c2c1. The number of thioether (sulfide) groups is 1. The van der Waals surface area contributed by atoms with E-state index in [4.69, 9.17) is 4.74 Å². The van der Waals surface area contributed by atoms with Gasteiger partial charge in [-0.3, -0.25) is 4.79 Å². The van der Waals surface area contributed by atoms with Gasteiger partial charge in [0.15, 0.2) is 5.16 Å². The van der Waals surface area contributed by atoms with E-state index in [1.54, 1.807) is 0 Å². The molecule has 1 aliphatic heterocycles. The molecular formula is C20H21N3O2S. The number of nitrogens with one attached hydrogen (secondary N) is 1. The zero-order chi connectivity index (χ0) is 17.9. The molecule has 1 N–H and O–H groups in total. The van der Waals surface area contributed by atoms with Crippen LogP contribution in [0.15, 0.2) is 53.7 Å². The van der Waals surface area contributed by atoms with Gasteiger partial charge in [0.05, 0.1) is 24.2 Å². The number of carbonyl (C=O) groups is 1. The normalized spacial score (nSPS) is 16.0. The van der Waals surface area contributed by atoms with Crippen molar-refractivity contribution >= 4 is 28.7 Å². The molecule has 1 aliphatic rings. The molecule has 0 saturated carbocycles. The summed E-state index contributed by atoms with van der Waals surface area (Å²) in [6, 6.07) is 16.0. The molecule has 1 amide bonds. The number of hydrogen-bond donors (Lipinski definition) is 1. The van der Waals surface area contributed by atoms with Crippen molar-refractivity contribution in [3.63, 3.8) is 0 Å². The van der Waals surface area contributed by atoms with Crippen LogP contribution in [-0.4, -0.2) is 47.1 Å². The number of benzene rings is 2. The van der Waals surface area contributed by atoms with Gasteiger partial charge in [-0.05, 0) is 30.2 Å². The van der Waals surface area contributed by atoms with Gasteiger partial charge in [0.25, 0.3) is 0 Å². The van der Waals surface area contributed by atoms with Crippen LogP contribution < -0.4 is 0 Å². The number of imidazole rings is 1. The van der Waals surface area contributed by atoms with E-state index < -0.39 is 0 Å². The van der Waals surface area contributed by atoms with Gasteiger partial charge in [-0.2, -0.15) is 0 Å². The molecule has 134 valence electrons. The fourth-order valence-electron chi connectivity index (χ4n) is 3.11. The standard InChI is InChI=1S/C20H21N3O2S/c1-14-7-8-16-17(13-14)22-20(21-16)26-18(15-5-3-2-4-6-15)19(24)23-9-11-25-12-10-23/h2-8,13,18H,9-12H2,1H3,(H,21,22)/t18-/m1/s1. The molecule has 2 aromatic carbocycles. The van der Waals surface area contributed by atoms with Gasteiger partial charge in [-0.25, -0.2) is 4.98 Å². The Bertz CT molecular complexity index is 904. The van der Waals surface area contributed by atoms with Gasteiger partial charge >= 0.3 is 0 Å². The lowest BCUT2D eigenvalue weighted by Crippen LogP contribution is -2.42. The van der Waals surface area contributed by atoms with Crippen LogP contribution in [0.5, 0.6) is 0 Å². The molecule has 5 nitrogen and oxygen atoms in total. The summed E-state index contributed by atoms with van der Waals surface area (Å²) in [5.41, 5.74) is 4.09. The molecule has 0 unspecified atom stereocenters. The van der Waals surface area contributed by atoms with Crippen LogP contribution in [0, 0.1) is 6.92 Å². The van der Waals surface area contributed by atoms with Crippen LogP contribution in [0.25, 0.3) is 11.0 Å². The van der Waals surface area contributed by atoms with E-state index in [0.717, 1.165) is 21.8 Å². The average Bonchev–Trinajstić information content (AvgIpc) is 3.08. The predicted molar refractivity (Wildman–Crippen MR) is 103 cm³/mol. The Morgan fingerprint density at radius 2 is 1.96 bits per heavy atom. The smallest absolute Gasteiger partial charge is 0.240 e. The Hall–Kier alpha value is -2.31. The molecule has 0 radical (unpaired) electrons. The zero-order valence-electron chi connectivity index (χ0n) is 14.6. The van der Waals surface area contributed by atoms with Gasteiger partial charge in [-0.1, -0.05) is 48.2 Å². The van der Waals surface area contributed by atoms with Crippen molar-refractivity contribution < 1.29 is 9.53 Å². The van der Waals surface area contributed by atoms with E-state index in [9.17, 15) is 4.79 Å². The van der Waals surface area contributed by atoms with Gasteiger partial charge in [0.2, 0.25) is 5.91 Å². The molecule has 0 spiro atoms. The fourth-order valence-corrected chi connectivity index (χ4v) is 4.19. The average molecular weight is 367 g/mol. The van der Waals surface area contributed by atoms with Crippen molar-refractivity contribution in [1.29, 1.82) is 0 Å². The third-order valence-electron chi connectivity index (χ3n) is 4.49. The third-order valence-corrected chi connectivity index (χ3v) is 5.62. The second-order valence-electron chi connectivity index (χ2n) is 6.41. The number of amides is 1. The monoisotopic (exact) mass is 367 g/mol. The number of aryl methyl sites for hydroxylation is 1. The Morgan fingerprint density at radius 1 is 1.19 bits per heavy atom. The van der Waals surface area contributed by atoms with Crippen LogP contribution in [-0.2, 0) is 9.53 Å². The maximum absolute atomic E-state index is 13.2. The third kappa shape index (κ3) is 3.61. The molecule has 1 aromatic heterocycles. The molecule has 0 aliphatic carbocycles. The van der Waals surface area contributed by atoms with E-state index in [2.05, 4.69) is 23.0 Å². The molecule has 1 atom stereocenters. The highest BCUT2D eigenvalue weighted by Gasteiger charge is 2.29. The summed E-state index contributed by atoms with van der Waals surface area (Å²) in [5, 5.41) is 0.442. The number of morpholine rings is 1. The number of rotatable bonds is 4. The van der Waals surface area contributed by atoms with E-state index in [-0.39, 0.29) is 11.2 Å². The van der Waals surface area contributed by atoms with Crippen LogP contribution in [0.3, 0.4) is 0 Å². The van der Waals surface area contributed by atoms with Crippen LogP contribution in [0.4, 0.5) is 0 Å². The lowest BCUT2D eigenvalue weighted by molar-refractivity contribution is -0.134. The van der Waals surface area contributed by atoms with E-state index >= 15 is 0 Å². The van der Waals surface area contributed by atoms with Crippen LogP contribution >= 0.6 is 11.8 Å². The summed E-state index contributed by atoms with van der Waals surface area (Å²) in [5.74, 6) is 0.112. The summed E-state index contributed by atoms with van der Waals surface area (Å²) in [6.07, 6.45) is 0. The molecule has 2 heterocycles. The summed E-state index contributed by atoms with van der Waals surface area (Å²) in [7, 11) is 0. The maximum Gasteiger partial charge on any atom is 0.240 e. The largest absolute Gasteiger partial charge is 0.378 e. The van der Waals surface area contributed by atoms with Crippen molar-refractivity contribution in [3.8, 4) is 0 Å². The molecule has 1 fully saturated rings. The van der Waals surface area contributed by atoms with Crippen molar-refractivity contribution in [2.24, 2.45) is 0 Å². The van der Waals surface area contributed by atoms with E-state index in [0.29, 0.717) is 26.3 Å². The van der Waals surface area contributed by atoms with Gasteiger partial charge in [0.1, 0.15) is 5.25 Å². The van der Waals surface area contributed by atoms with Crippen molar-refractivity contribution in [1.82, 2.24) is 14.9 Å². The highest BCUT2D eigenvalue weighted by atomic mass is 32.2. The maximum atomic E-state index is 13.2. The van der Waals surface area contributed by atoms with Crippen molar-refractivity contribution in [3.05, 3.63) is 59.7 Å². The predicted octanol–water partition coefficient (Wildman–Crippen LogP) is 3.56. The second kappa shape index (κ2) is 7.51. The molecule has 4 rings (SSSR count). The summed E-state index contributed by atoms with van der Waals surface area (Å²) < 4.78 is 5.39. The highest BCUT2D eigenvalue weighted by Crippen LogP contribution is 2.36. The van der Waals surface area contributed by atoms with Crippen molar-refractivity contribution in [2.75, 3.05) is 26.3 Å². The fraction of sp³-hybridized carbons (Fsp3) is 0.300. The topological polar surface area (TPSA) is 58.2 Å². The Kier molecular flexibility index (Phi) is 4.95. The van der Waals surface area contributed by atoms with Gasteiger partial charge in [0, 0.05) is 13.1 Å². The molecular weight excluding hydrogens is 346 g/mol. The number of aromatic amines is 1. The molecule has 3 aromatic rings. The first-order valence-electron chi connectivity index (χ1n) is 8.75. The summed E-state index contributed by atoms with van der Waals surface area (Å²) in [4.78, 5) is 23.1. The first-order valence-corrected chi connectivity index (χ1v) is 9.63. The number of fused-ring (bicyclic) bond motifs is 1. The molecule has 1 saturated heterocycles. The van der Waals surface area contributed by atoms with E-state index in [1.165, 1.54) is 17.3 Å². The highest BCUT2D eigenvalue weighted by molar-refractivity contribution is 8.00. The minimum absolute atomic E-state index is 0.112. The molecule has 26 heavy (non-hydrogen) atoms. The summed E-state index contributed by atoms with van der Waals surface area (Å²) in [6.45, 7) is 4.54. The Balaban J connectivity index is 1.64. The van der Waals surface area contributed by atoms with Crippen LogP contribution in [0.1, 0.15) is 16.4 Å². The number of aromatic nitrogens is 2. The van der Waals surface area contributed by atoms with Gasteiger partial charge < -0.3 is 14.6 Å². The quantitative estimate of drug-likeness (QED) is 0.717. The molecule has 0 bridgehead atoms. The Morgan fingerprint density at radius 3 is 2.73 bits per heavy atom. The minimum atomic E-state index is -0.323. The van der Waals surface area contributed by atoms with E-state index in [1.807, 2.05) is 47.4 Å². The Labute approximate surface area is 156 Å². The number of ether oxygens (including phenoxy) is 1. The first-order chi connectivity index (χ1) is 12.7. The minimum Gasteiger partial charge on any atom is -0.378 e. The summed E-state index contributed by atoms with van der Waals surface area (Å²) >= 11 is 1.48. The lowest BCUT2D eigenvalue weighted by Gasteiger charge is -2.30. The lowest BCUT2D eigenvalue weighted by atomic mass is 10.1. The van der Waals surface area contributed by atoms with Crippen LogP contribution in [0.2, 0.25) is 0 Å². The zero-order valence-corrected chi connectivity index (χ0v) is 15.5. The number of hydrogen-bond acceptors (Lipinski definition) is 4. The first kappa shape index (κ1) is 17.1.